The minimum absolute atomic E-state index is 0.199. The Bertz CT molecular complexity index is 982. The SMILES string of the molecule is CCc1cc(/C=C\c2ccccc2OCC(O)CNC(C)CCc2ccc(O)cc2)on1. The molecule has 1 aromatic heterocycles. The van der Waals surface area contributed by atoms with Crippen LogP contribution in [0.1, 0.15) is 42.8 Å². The Morgan fingerprint density at radius 3 is 2.66 bits per heavy atom. The molecule has 2 unspecified atom stereocenters. The molecule has 0 bridgehead atoms. The van der Waals surface area contributed by atoms with Crippen molar-refractivity contribution in [1.29, 1.82) is 0 Å². The molecular formula is C26H32N2O4. The van der Waals surface area contributed by atoms with Gasteiger partial charge in [-0.1, -0.05) is 42.4 Å². The van der Waals surface area contributed by atoms with E-state index in [2.05, 4.69) is 17.4 Å². The lowest BCUT2D eigenvalue weighted by Gasteiger charge is -2.18. The molecule has 0 aliphatic heterocycles. The van der Waals surface area contributed by atoms with Crippen LogP contribution in [0.3, 0.4) is 0 Å². The largest absolute Gasteiger partial charge is 0.508 e. The smallest absolute Gasteiger partial charge is 0.159 e. The Morgan fingerprint density at radius 1 is 1.12 bits per heavy atom. The zero-order valence-corrected chi connectivity index (χ0v) is 18.7. The van der Waals surface area contributed by atoms with E-state index in [4.69, 9.17) is 9.26 Å². The molecule has 3 N–H and O–H groups in total. The molecule has 0 saturated carbocycles. The summed E-state index contributed by atoms with van der Waals surface area (Å²) in [4.78, 5) is 0. The number of rotatable bonds is 12. The van der Waals surface area contributed by atoms with E-state index in [-0.39, 0.29) is 18.4 Å². The second-order valence-electron chi connectivity index (χ2n) is 7.92. The molecule has 1 heterocycles. The maximum absolute atomic E-state index is 10.3. The number of aryl methyl sites for hydroxylation is 2. The number of nitrogens with one attached hydrogen (secondary N) is 1. The zero-order valence-electron chi connectivity index (χ0n) is 18.7. The number of ether oxygens (including phenoxy) is 1. The van der Waals surface area contributed by atoms with Crippen LogP contribution in [0.25, 0.3) is 12.2 Å². The lowest BCUT2D eigenvalue weighted by molar-refractivity contribution is 0.104. The fourth-order valence-electron chi connectivity index (χ4n) is 3.22. The van der Waals surface area contributed by atoms with Crippen molar-refractivity contribution in [3.8, 4) is 11.5 Å². The number of aliphatic hydroxyl groups excluding tert-OH is 1. The molecule has 6 heteroatoms. The zero-order chi connectivity index (χ0) is 22.8. The minimum Gasteiger partial charge on any atom is -0.508 e. The molecule has 0 aliphatic rings. The molecule has 3 rings (SSSR count). The third kappa shape index (κ3) is 7.55. The van der Waals surface area contributed by atoms with Crippen molar-refractivity contribution in [3.63, 3.8) is 0 Å². The number of aliphatic hydroxyl groups is 1. The van der Waals surface area contributed by atoms with Gasteiger partial charge in [0.1, 0.15) is 24.2 Å². The lowest BCUT2D eigenvalue weighted by Crippen LogP contribution is -2.36. The molecule has 6 nitrogen and oxygen atoms in total. The van der Waals surface area contributed by atoms with Crippen LogP contribution in [0.2, 0.25) is 0 Å². The van der Waals surface area contributed by atoms with Gasteiger partial charge in [0, 0.05) is 24.2 Å². The number of nitrogens with zero attached hydrogens (tertiary/aromatic N) is 1. The van der Waals surface area contributed by atoms with Crippen molar-refractivity contribution in [2.75, 3.05) is 13.2 Å². The average molecular weight is 437 g/mol. The topological polar surface area (TPSA) is 87.8 Å². The van der Waals surface area contributed by atoms with E-state index in [0.717, 1.165) is 30.5 Å². The molecule has 0 saturated heterocycles. The second kappa shape index (κ2) is 12.1. The predicted molar refractivity (Wildman–Crippen MR) is 127 cm³/mol. The summed E-state index contributed by atoms with van der Waals surface area (Å²) in [5, 5.41) is 27.1. The van der Waals surface area contributed by atoms with Crippen molar-refractivity contribution < 1.29 is 19.5 Å². The number of hydrogen-bond donors (Lipinski definition) is 3. The molecule has 170 valence electrons. The van der Waals surface area contributed by atoms with E-state index < -0.39 is 6.10 Å². The first-order valence-corrected chi connectivity index (χ1v) is 11.1. The highest BCUT2D eigenvalue weighted by atomic mass is 16.5. The van der Waals surface area contributed by atoms with Gasteiger partial charge in [-0.15, -0.1) is 0 Å². The molecule has 0 radical (unpaired) electrons. The number of aromatic nitrogens is 1. The van der Waals surface area contributed by atoms with Crippen LogP contribution in [0.4, 0.5) is 0 Å². The van der Waals surface area contributed by atoms with Gasteiger partial charge in [-0.3, -0.25) is 0 Å². The maximum atomic E-state index is 10.3. The van der Waals surface area contributed by atoms with Crippen LogP contribution in [-0.4, -0.2) is 40.7 Å². The van der Waals surface area contributed by atoms with Crippen LogP contribution in [0.5, 0.6) is 11.5 Å². The predicted octanol–water partition coefficient (Wildman–Crippen LogP) is 4.46. The van der Waals surface area contributed by atoms with Crippen molar-refractivity contribution in [2.24, 2.45) is 0 Å². The standard InChI is InChI=1S/C26H32N2O4/c1-3-22-16-25(32-28-22)15-12-21-6-4-5-7-26(21)31-18-24(30)17-27-19(2)8-9-20-10-13-23(29)14-11-20/h4-7,10-16,19,24,27,29-30H,3,8-9,17-18H2,1-2H3/b15-12-. The van der Waals surface area contributed by atoms with E-state index in [1.165, 1.54) is 5.56 Å². The molecule has 0 aliphatic carbocycles. The average Bonchev–Trinajstić information content (AvgIpc) is 3.28. The van der Waals surface area contributed by atoms with Gasteiger partial charge in [0.2, 0.25) is 0 Å². The van der Waals surface area contributed by atoms with E-state index in [1.54, 1.807) is 12.1 Å². The first-order chi connectivity index (χ1) is 15.5. The van der Waals surface area contributed by atoms with Gasteiger partial charge in [0.25, 0.3) is 0 Å². The van der Waals surface area contributed by atoms with Gasteiger partial charge >= 0.3 is 0 Å². The fraction of sp³-hybridized carbons (Fsp3) is 0.346. The van der Waals surface area contributed by atoms with Crippen LogP contribution < -0.4 is 10.1 Å². The van der Waals surface area contributed by atoms with Crippen molar-refractivity contribution in [3.05, 3.63) is 77.2 Å². The van der Waals surface area contributed by atoms with Crippen LogP contribution in [0.15, 0.2) is 59.1 Å². The summed E-state index contributed by atoms with van der Waals surface area (Å²) >= 11 is 0. The first kappa shape index (κ1) is 23.6. The van der Waals surface area contributed by atoms with E-state index in [0.29, 0.717) is 18.1 Å². The van der Waals surface area contributed by atoms with E-state index in [1.807, 2.05) is 61.5 Å². The lowest BCUT2D eigenvalue weighted by atomic mass is 10.1. The van der Waals surface area contributed by atoms with Crippen molar-refractivity contribution >= 4 is 12.2 Å². The molecule has 2 aromatic carbocycles. The Hall–Kier alpha value is -3.09. The summed E-state index contributed by atoms with van der Waals surface area (Å²) in [6, 6.07) is 17.1. The van der Waals surface area contributed by atoms with Gasteiger partial charge in [0.15, 0.2) is 5.76 Å². The third-order valence-electron chi connectivity index (χ3n) is 5.22. The summed E-state index contributed by atoms with van der Waals surface area (Å²) in [7, 11) is 0. The van der Waals surface area contributed by atoms with Crippen molar-refractivity contribution in [2.45, 2.75) is 45.3 Å². The highest BCUT2D eigenvalue weighted by Crippen LogP contribution is 2.21. The number of hydrogen-bond acceptors (Lipinski definition) is 6. The van der Waals surface area contributed by atoms with Crippen molar-refractivity contribution in [1.82, 2.24) is 10.5 Å². The minimum atomic E-state index is -0.621. The third-order valence-corrected chi connectivity index (χ3v) is 5.22. The number of benzene rings is 2. The van der Waals surface area contributed by atoms with Gasteiger partial charge in [-0.05, 0) is 62.1 Å². The Morgan fingerprint density at radius 2 is 1.91 bits per heavy atom. The summed E-state index contributed by atoms with van der Waals surface area (Å²) in [6.45, 7) is 4.78. The van der Waals surface area contributed by atoms with Gasteiger partial charge in [-0.25, -0.2) is 0 Å². The highest BCUT2D eigenvalue weighted by Gasteiger charge is 2.10. The number of para-hydroxylation sites is 1. The summed E-state index contributed by atoms with van der Waals surface area (Å²) in [5.41, 5.74) is 3.01. The van der Waals surface area contributed by atoms with Gasteiger partial charge < -0.3 is 24.8 Å². The van der Waals surface area contributed by atoms with E-state index >= 15 is 0 Å². The normalized spacial score (nSPS) is 13.3. The molecule has 0 fully saturated rings. The monoisotopic (exact) mass is 436 g/mol. The molecule has 32 heavy (non-hydrogen) atoms. The number of phenols is 1. The molecule has 3 aromatic rings. The first-order valence-electron chi connectivity index (χ1n) is 11.1. The molecule has 0 amide bonds. The van der Waals surface area contributed by atoms with Crippen LogP contribution >= 0.6 is 0 Å². The molecule has 0 spiro atoms. The highest BCUT2D eigenvalue weighted by molar-refractivity contribution is 5.70. The molecule has 2 atom stereocenters. The summed E-state index contributed by atoms with van der Waals surface area (Å²) in [6.07, 6.45) is 5.84. The van der Waals surface area contributed by atoms with Crippen LogP contribution in [-0.2, 0) is 12.8 Å². The summed E-state index contributed by atoms with van der Waals surface area (Å²) < 4.78 is 11.2. The van der Waals surface area contributed by atoms with Gasteiger partial charge in [0.05, 0.1) is 5.69 Å². The maximum Gasteiger partial charge on any atom is 0.159 e. The van der Waals surface area contributed by atoms with Gasteiger partial charge in [-0.2, -0.15) is 0 Å². The van der Waals surface area contributed by atoms with E-state index in [9.17, 15) is 10.2 Å². The molecular weight excluding hydrogens is 404 g/mol. The number of aromatic hydroxyl groups is 1. The fourth-order valence-corrected chi connectivity index (χ4v) is 3.22. The Kier molecular flexibility index (Phi) is 8.90. The quantitative estimate of drug-likeness (QED) is 0.388. The Labute approximate surface area is 189 Å². The summed E-state index contributed by atoms with van der Waals surface area (Å²) in [5.74, 6) is 1.68. The second-order valence-corrected chi connectivity index (χ2v) is 7.92. The Balaban J connectivity index is 1.43. The number of phenolic OH excluding ortho intramolecular Hbond substituents is 1. The van der Waals surface area contributed by atoms with Crippen LogP contribution in [0, 0.1) is 0 Å².